The lowest BCUT2D eigenvalue weighted by Gasteiger charge is -2.34. The largest absolute Gasteiger partial charge is 0.369 e. The number of nitrogens with zero attached hydrogens (tertiary/aromatic N) is 2. The van der Waals surface area contributed by atoms with Crippen LogP contribution in [0.4, 0.5) is 11.4 Å². The van der Waals surface area contributed by atoms with Gasteiger partial charge in [0.25, 0.3) is 5.91 Å². The number of thioether (sulfide) groups is 1. The number of hydrogen-bond donors (Lipinski definition) is 1. The van der Waals surface area contributed by atoms with Gasteiger partial charge in [-0.1, -0.05) is 61.8 Å². The van der Waals surface area contributed by atoms with Crippen molar-refractivity contribution in [2.45, 2.75) is 15.5 Å². The van der Waals surface area contributed by atoms with E-state index in [9.17, 15) is 13.2 Å². The Balaban J connectivity index is 1.33. The number of hydrogen-bond acceptors (Lipinski definition) is 6. The van der Waals surface area contributed by atoms with Crippen LogP contribution < -0.4 is 10.2 Å². The van der Waals surface area contributed by atoms with Crippen LogP contribution in [0, 0.1) is 0 Å². The van der Waals surface area contributed by atoms with Crippen LogP contribution in [0.3, 0.4) is 0 Å². The van der Waals surface area contributed by atoms with Crippen molar-refractivity contribution < 1.29 is 13.2 Å². The number of carbonyl (C=O) groups excluding carboxylic acids is 1. The Morgan fingerprint density at radius 1 is 0.973 bits per heavy atom. The van der Waals surface area contributed by atoms with E-state index in [1.165, 1.54) is 17.4 Å². The quantitative estimate of drug-likeness (QED) is 0.337. The molecule has 2 aliphatic heterocycles. The predicted molar refractivity (Wildman–Crippen MR) is 158 cm³/mol. The first-order chi connectivity index (χ1) is 17.7. The fraction of sp³-hybridized carbons (Fsp3) is 0.222. The molecule has 2 aliphatic rings. The van der Waals surface area contributed by atoms with Crippen LogP contribution in [-0.4, -0.2) is 52.5 Å². The number of rotatable bonds is 5. The van der Waals surface area contributed by atoms with Gasteiger partial charge in [-0.2, -0.15) is 0 Å². The standard InChI is InChI=1S/C27H25Br2N3O3S2/c1-31-11-13-32(14-12-31)19-7-5-18(6-8-19)15-26-27(33)30-24-16-20(9-10-25(24)36-26)37(34,35)17-21-22(28)3-2-4-23(21)29/h2-10,15-16H,11-14,17H2,1H3,(H,30,33)/b26-15+. The van der Waals surface area contributed by atoms with E-state index >= 15 is 0 Å². The molecule has 1 N–H and O–H groups in total. The highest BCUT2D eigenvalue weighted by atomic mass is 79.9. The van der Waals surface area contributed by atoms with E-state index in [0.29, 0.717) is 16.2 Å². The summed E-state index contributed by atoms with van der Waals surface area (Å²) in [6.45, 7) is 4.10. The number of fused-ring (bicyclic) bond motifs is 1. The van der Waals surface area contributed by atoms with Crippen LogP contribution in [-0.2, 0) is 20.4 Å². The molecule has 1 fully saturated rings. The highest BCUT2D eigenvalue weighted by molar-refractivity contribution is 9.11. The van der Waals surface area contributed by atoms with Crippen LogP contribution >= 0.6 is 43.6 Å². The monoisotopic (exact) mass is 661 g/mol. The minimum Gasteiger partial charge on any atom is -0.369 e. The van der Waals surface area contributed by atoms with Crippen molar-refractivity contribution in [1.29, 1.82) is 0 Å². The van der Waals surface area contributed by atoms with E-state index in [2.05, 4.69) is 66.2 Å². The average molecular weight is 663 g/mol. The van der Waals surface area contributed by atoms with Crippen LogP contribution in [0.5, 0.6) is 0 Å². The summed E-state index contributed by atoms with van der Waals surface area (Å²) in [6.07, 6.45) is 1.87. The van der Waals surface area contributed by atoms with Crippen molar-refractivity contribution in [2.75, 3.05) is 43.4 Å². The Labute approximate surface area is 238 Å². The zero-order valence-corrected chi connectivity index (χ0v) is 24.9. The molecule has 0 aliphatic carbocycles. The van der Waals surface area contributed by atoms with Gasteiger partial charge in [-0.15, -0.1) is 0 Å². The maximum absolute atomic E-state index is 13.2. The smallest absolute Gasteiger partial charge is 0.262 e. The SMILES string of the molecule is CN1CCN(c2ccc(/C=C3/Sc4ccc(S(=O)(=O)Cc5c(Br)cccc5Br)cc4NC3=O)cc2)CC1. The van der Waals surface area contributed by atoms with Crippen molar-refractivity contribution in [1.82, 2.24) is 4.90 Å². The Hall–Kier alpha value is -2.11. The van der Waals surface area contributed by atoms with Crippen LogP contribution in [0.2, 0.25) is 0 Å². The Kier molecular flexibility index (Phi) is 7.83. The predicted octanol–water partition coefficient (Wildman–Crippen LogP) is 6.02. The molecule has 192 valence electrons. The van der Waals surface area contributed by atoms with Gasteiger partial charge in [-0.05, 0) is 66.7 Å². The Morgan fingerprint density at radius 2 is 1.65 bits per heavy atom. The van der Waals surface area contributed by atoms with E-state index in [0.717, 1.165) is 45.6 Å². The Morgan fingerprint density at radius 3 is 2.32 bits per heavy atom. The molecule has 1 amide bonds. The molecule has 0 atom stereocenters. The third kappa shape index (κ3) is 5.98. The highest BCUT2D eigenvalue weighted by Crippen LogP contribution is 2.40. The number of carbonyl (C=O) groups is 1. The lowest BCUT2D eigenvalue weighted by atomic mass is 10.1. The van der Waals surface area contributed by atoms with Gasteiger partial charge < -0.3 is 15.1 Å². The highest BCUT2D eigenvalue weighted by Gasteiger charge is 2.25. The number of anilines is 2. The van der Waals surface area contributed by atoms with E-state index in [4.69, 9.17) is 0 Å². The molecule has 0 unspecified atom stereocenters. The summed E-state index contributed by atoms with van der Waals surface area (Å²) >= 11 is 8.21. The molecule has 6 nitrogen and oxygen atoms in total. The third-order valence-corrected chi connectivity index (χ3v) is 10.7. The van der Waals surface area contributed by atoms with Gasteiger partial charge >= 0.3 is 0 Å². The molecular weight excluding hydrogens is 638 g/mol. The average Bonchev–Trinajstić information content (AvgIpc) is 2.87. The Bertz CT molecular complexity index is 1460. The topological polar surface area (TPSA) is 69.7 Å². The molecule has 3 aromatic rings. The summed E-state index contributed by atoms with van der Waals surface area (Å²) in [5.41, 5.74) is 3.29. The van der Waals surface area contributed by atoms with Gasteiger partial charge in [0, 0.05) is 45.7 Å². The molecule has 1 saturated heterocycles. The van der Waals surface area contributed by atoms with Gasteiger partial charge in [-0.3, -0.25) is 4.79 Å². The number of benzene rings is 3. The van der Waals surface area contributed by atoms with Gasteiger partial charge in [0.15, 0.2) is 9.84 Å². The van der Waals surface area contributed by atoms with Gasteiger partial charge in [0.05, 0.1) is 21.2 Å². The normalized spacial score (nSPS) is 17.5. The first-order valence-corrected chi connectivity index (χ1v) is 15.8. The van der Waals surface area contributed by atoms with E-state index < -0.39 is 9.84 Å². The summed E-state index contributed by atoms with van der Waals surface area (Å²) in [4.78, 5) is 19.1. The van der Waals surface area contributed by atoms with E-state index in [1.54, 1.807) is 18.2 Å². The van der Waals surface area contributed by atoms with Crippen LogP contribution in [0.1, 0.15) is 11.1 Å². The van der Waals surface area contributed by atoms with Crippen LogP contribution in [0.15, 0.2) is 84.3 Å². The number of likely N-dealkylation sites (N-methyl/N-ethyl adjacent to an activating group) is 1. The van der Waals surface area contributed by atoms with Crippen molar-refractivity contribution in [3.05, 3.63) is 85.6 Å². The summed E-state index contributed by atoms with van der Waals surface area (Å²) in [5.74, 6) is -0.409. The van der Waals surface area contributed by atoms with Gasteiger partial charge in [-0.25, -0.2) is 8.42 Å². The number of halogens is 2. The van der Waals surface area contributed by atoms with E-state index in [1.807, 2.05) is 36.4 Å². The zero-order valence-electron chi connectivity index (χ0n) is 20.1. The number of sulfone groups is 1. The number of nitrogens with one attached hydrogen (secondary N) is 1. The maximum atomic E-state index is 13.2. The second-order valence-corrected chi connectivity index (χ2v) is 13.8. The summed E-state index contributed by atoms with van der Waals surface area (Å²) < 4.78 is 27.8. The maximum Gasteiger partial charge on any atom is 0.262 e. The molecule has 0 radical (unpaired) electrons. The minimum absolute atomic E-state index is 0.163. The molecule has 2 heterocycles. The molecule has 0 aromatic heterocycles. The molecule has 37 heavy (non-hydrogen) atoms. The molecule has 0 spiro atoms. The lowest BCUT2D eigenvalue weighted by molar-refractivity contribution is -0.112. The van der Waals surface area contributed by atoms with Gasteiger partial charge in [0.1, 0.15) is 0 Å². The number of piperazine rings is 1. The second kappa shape index (κ2) is 10.9. The van der Waals surface area contributed by atoms with Crippen molar-refractivity contribution in [3.63, 3.8) is 0 Å². The minimum atomic E-state index is -3.63. The first kappa shape index (κ1) is 26.5. The first-order valence-electron chi connectivity index (χ1n) is 11.7. The van der Waals surface area contributed by atoms with Gasteiger partial charge in [0.2, 0.25) is 0 Å². The molecule has 5 rings (SSSR count). The number of amides is 1. The second-order valence-electron chi connectivity index (χ2n) is 9.06. The van der Waals surface area contributed by atoms with Crippen molar-refractivity contribution in [2.24, 2.45) is 0 Å². The fourth-order valence-corrected chi connectivity index (χ4v) is 8.29. The summed E-state index contributed by atoms with van der Waals surface area (Å²) in [7, 11) is -1.49. The fourth-order valence-electron chi connectivity index (χ4n) is 4.27. The summed E-state index contributed by atoms with van der Waals surface area (Å²) in [6, 6.07) is 18.6. The van der Waals surface area contributed by atoms with Crippen LogP contribution in [0.25, 0.3) is 6.08 Å². The molecule has 10 heteroatoms. The third-order valence-electron chi connectivity index (χ3n) is 6.46. The van der Waals surface area contributed by atoms with E-state index in [-0.39, 0.29) is 16.6 Å². The molecule has 0 bridgehead atoms. The molecule has 3 aromatic carbocycles. The summed E-state index contributed by atoms with van der Waals surface area (Å²) in [5, 5.41) is 2.87. The zero-order chi connectivity index (χ0) is 26.2. The van der Waals surface area contributed by atoms with Crippen molar-refractivity contribution in [3.8, 4) is 0 Å². The molecule has 0 saturated carbocycles. The lowest BCUT2D eigenvalue weighted by Crippen LogP contribution is -2.44. The van der Waals surface area contributed by atoms with Crippen molar-refractivity contribution >= 4 is 76.8 Å². The molecular formula is C27H25Br2N3O3S2.